The van der Waals surface area contributed by atoms with E-state index in [-0.39, 0.29) is 5.69 Å². The average molecular weight is 326 g/mol. The van der Waals surface area contributed by atoms with Crippen LogP contribution in [0.25, 0.3) is 11.3 Å². The zero-order valence-corrected chi connectivity index (χ0v) is 13.1. The van der Waals surface area contributed by atoms with Crippen LogP contribution in [0.15, 0.2) is 43.0 Å². The fourth-order valence-electron chi connectivity index (χ4n) is 2.38. The fraction of sp³-hybridized carbons (Fsp3) is 0.250. The number of unbranched alkanes of at least 4 members (excludes halogenated alkanes) is 1. The summed E-state index contributed by atoms with van der Waals surface area (Å²) in [5.74, 6) is 0.0189. The van der Waals surface area contributed by atoms with E-state index in [1.165, 1.54) is 0 Å². The van der Waals surface area contributed by atoms with Gasteiger partial charge < -0.3 is 15.0 Å². The standard InChI is InChI=1S/C16H18N6O2/c17-16(23)15-14(19-21-20-15)12-5-1-2-6-13(12)24-10-4-3-8-22-9-7-18-11-22/h1-2,5-7,9,11H,3-4,8,10H2,(H2,17,23)(H,19,20,21). The number of aromatic amines is 1. The molecule has 3 aromatic rings. The van der Waals surface area contributed by atoms with Crippen molar-refractivity contribution in [3.63, 3.8) is 0 Å². The molecule has 3 N–H and O–H groups in total. The molecular weight excluding hydrogens is 308 g/mol. The van der Waals surface area contributed by atoms with E-state index in [1.54, 1.807) is 12.5 Å². The number of nitrogens with one attached hydrogen (secondary N) is 1. The van der Waals surface area contributed by atoms with Crippen LogP contribution in [0.5, 0.6) is 5.75 Å². The number of primary amides is 1. The van der Waals surface area contributed by atoms with Gasteiger partial charge in [0.25, 0.3) is 5.91 Å². The maximum atomic E-state index is 11.4. The van der Waals surface area contributed by atoms with Gasteiger partial charge in [0.05, 0.1) is 12.9 Å². The van der Waals surface area contributed by atoms with E-state index in [1.807, 2.05) is 35.0 Å². The summed E-state index contributed by atoms with van der Waals surface area (Å²) in [6.45, 7) is 1.47. The Hall–Kier alpha value is -3.16. The highest BCUT2D eigenvalue weighted by Gasteiger charge is 2.18. The Morgan fingerprint density at radius 1 is 1.25 bits per heavy atom. The number of aryl methyl sites for hydroxylation is 1. The predicted molar refractivity (Wildman–Crippen MR) is 87.3 cm³/mol. The van der Waals surface area contributed by atoms with E-state index < -0.39 is 5.91 Å². The highest BCUT2D eigenvalue weighted by molar-refractivity contribution is 5.97. The Labute approximate surface area is 138 Å². The predicted octanol–water partition coefficient (Wildman–Crippen LogP) is 1.63. The highest BCUT2D eigenvalue weighted by atomic mass is 16.5. The number of nitrogens with zero attached hydrogens (tertiary/aromatic N) is 4. The molecule has 0 atom stereocenters. The summed E-state index contributed by atoms with van der Waals surface area (Å²) in [6.07, 6.45) is 7.38. The molecule has 0 unspecified atom stereocenters. The first-order valence-electron chi connectivity index (χ1n) is 7.64. The summed E-state index contributed by atoms with van der Waals surface area (Å²) in [6, 6.07) is 7.38. The molecule has 0 aliphatic heterocycles. The Kier molecular flexibility index (Phi) is 4.85. The van der Waals surface area contributed by atoms with Crippen LogP contribution in [0.2, 0.25) is 0 Å². The largest absolute Gasteiger partial charge is 0.493 e. The summed E-state index contributed by atoms with van der Waals surface area (Å²) in [4.78, 5) is 15.4. The van der Waals surface area contributed by atoms with Gasteiger partial charge >= 0.3 is 0 Å². The molecule has 2 heterocycles. The van der Waals surface area contributed by atoms with E-state index >= 15 is 0 Å². The molecule has 8 nitrogen and oxygen atoms in total. The van der Waals surface area contributed by atoms with Gasteiger partial charge in [-0.25, -0.2) is 4.98 Å². The molecule has 24 heavy (non-hydrogen) atoms. The van der Waals surface area contributed by atoms with Crippen LogP contribution in [0.4, 0.5) is 0 Å². The van der Waals surface area contributed by atoms with E-state index in [9.17, 15) is 4.79 Å². The lowest BCUT2D eigenvalue weighted by Gasteiger charge is -2.10. The number of hydrogen-bond donors (Lipinski definition) is 2. The second-order valence-electron chi connectivity index (χ2n) is 5.24. The molecule has 1 aromatic carbocycles. The van der Waals surface area contributed by atoms with Gasteiger partial charge in [-0.05, 0) is 25.0 Å². The minimum Gasteiger partial charge on any atom is -0.493 e. The van der Waals surface area contributed by atoms with Crippen molar-refractivity contribution in [2.24, 2.45) is 5.73 Å². The summed E-state index contributed by atoms with van der Waals surface area (Å²) in [7, 11) is 0. The molecule has 2 aromatic heterocycles. The van der Waals surface area contributed by atoms with Crippen molar-refractivity contribution in [1.29, 1.82) is 0 Å². The SMILES string of the molecule is NC(=O)c1n[nH]nc1-c1ccccc1OCCCCn1ccnc1. The number of benzene rings is 1. The Morgan fingerprint density at radius 2 is 2.12 bits per heavy atom. The molecule has 0 saturated carbocycles. The maximum Gasteiger partial charge on any atom is 0.271 e. The number of rotatable bonds is 8. The van der Waals surface area contributed by atoms with Gasteiger partial charge in [-0.15, -0.1) is 0 Å². The Bertz CT molecular complexity index is 797. The second kappa shape index (κ2) is 7.40. The number of carbonyl (C=O) groups excluding carboxylic acids is 1. The molecule has 0 saturated heterocycles. The number of carbonyl (C=O) groups is 1. The average Bonchev–Trinajstić information content (AvgIpc) is 3.26. The number of amides is 1. The molecule has 0 aliphatic rings. The van der Waals surface area contributed by atoms with Gasteiger partial charge in [0.15, 0.2) is 5.69 Å². The summed E-state index contributed by atoms with van der Waals surface area (Å²) in [5, 5.41) is 10.2. The number of ether oxygens (including phenoxy) is 1. The van der Waals surface area contributed by atoms with Crippen LogP contribution in [0.3, 0.4) is 0 Å². The van der Waals surface area contributed by atoms with Crippen LogP contribution in [0.1, 0.15) is 23.3 Å². The third-order valence-electron chi connectivity index (χ3n) is 3.55. The molecule has 1 amide bonds. The van der Waals surface area contributed by atoms with E-state index in [0.29, 0.717) is 23.6 Å². The van der Waals surface area contributed by atoms with Crippen LogP contribution < -0.4 is 10.5 Å². The number of hydrogen-bond acceptors (Lipinski definition) is 5. The maximum absolute atomic E-state index is 11.4. The molecule has 0 radical (unpaired) electrons. The Balaban J connectivity index is 1.62. The van der Waals surface area contributed by atoms with Crippen LogP contribution in [0, 0.1) is 0 Å². The number of para-hydroxylation sites is 1. The molecule has 0 bridgehead atoms. The van der Waals surface area contributed by atoms with Crippen molar-refractivity contribution < 1.29 is 9.53 Å². The van der Waals surface area contributed by atoms with Gasteiger partial charge in [0.1, 0.15) is 11.4 Å². The van der Waals surface area contributed by atoms with Crippen molar-refractivity contribution in [3.8, 4) is 17.0 Å². The highest BCUT2D eigenvalue weighted by Crippen LogP contribution is 2.29. The summed E-state index contributed by atoms with van der Waals surface area (Å²) in [5.41, 5.74) is 6.51. The number of H-pyrrole nitrogens is 1. The first-order valence-corrected chi connectivity index (χ1v) is 7.64. The van der Waals surface area contributed by atoms with Gasteiger partial charge in [-0.1, -0.05) is 12.1 Å². The lowest BCUT2D eigenvalue weighted by atomic mass is 10.1. The van der Waals surface area contributed by atoms with Gasteiger partial charge in [-0.3, -0.25) is 4.79 Å². The quantitative estimate of drug-likeness (QED) is 0.611. The van der Waals surface area contributed by atoms with E-state index in [4.69, 9.17) is 10.5 Å². The minimum absolute atomic E-state index is 0.103. The zero-order valence-electron chi connectivity index (χ0n) is 13.1. The number of imidazole rings is 1. The van der Waals surface area contributed by atoms with Crippen molar-refractivity contribution >= 4 is 5.91 Å². The zero-order chi connectivity index (χ0) is 16.8. The van der Waals surface area contributed by atoms with Gasteiger partial charge in [0, 0.05) is 24.5 Å². The Morgan fingerprint density at radius 3 is 2.92 bits per heavy atom. The van der Waals surface area contributed by atoms with Crippen molar-refractivity contribution in [2.45, 2.75) is 19.4 Å². The number of nitrogens with two attached hydrogens (primary N) is 1. The molecule has 124 valence electrons. The molecule has 0 aliphatic carbocycles. The molecule has 0 fully saturated rings. The van der Waals surface area contributed by atoms with Crippen molar-refractivity contribution in [2.75, 3.05) is 6.61 Å². The smallest absolute Gasteiger partial charge is 0.271 e. The van der Waals surface area contributed by atoms with Crippen LogP contribution in [-0.4, -0.2) is 37.5 Å². The van der Waals surface area contributed by atoms with Crippen LogP contribution >= 0.6 is 0 Å². The normalized spacial score (nSPS) is 10.7. The van der Waals surface area contributed by atoms with Gasteiger partial charge in [-0.2, -0.15) is 15.4 Å². The fourth-order valence-corrected chi connectivity index (χ4v) is 2.38. The molecule has 0 spiro atoms. The second-order valence-corrected chi connectivity index (χ2v) is 5.24. The third kappa shape index (κ3) is 3.60. The summed E-state index contributed by atoms with van der Waals surface area (Å²) >= 11 is 0. The lowest BCUT2D eigenvalue weighted by Crippen LogP contribution is -2.13. The van der Waals surface area contributed by atoms with E-state index in [2.05, 4.69) is 20.4 Å². The molecular formula is C16H18N6O2. The molecule has 8 heteroatoms. The summed E-state index contributed by atoms with van der Waals surface area (Å²) < 4.78 is 7.89. The third-order valence-corrected chi connectivity index (χ3v) is 3.55. The topological polar surface area (TPSA) is 112 Å². The van der Waals surface area contributed by atoms with Crippen molar-refractivity contribution in [3.05, 3.63) is 48.7 Å². The first-order chi connectivity index (χ1) is 11.8. The van der Waals surface area contributed by atoms with Crippen molar-refractivity contribution in [1.82, 2.24) is 25.0 Å². The molecule has 3 rings (SSSR count). The van der Waals surface area contributed by atoms with E-state index in [0.717, 1.165) is 19.4 Å². The minimum atomic E-state index is -0.631. The lowest BCUT2D eigenvalue weighted by molar-refractivity contribution is 0.0996. The van der Waals surface area contributed by atoms with Gasteiger partial charge in [0.2, 0.25) is 0 Å². The number of aromatic nitrogens is 5. The first kappa shape index (κ1) is 15.7. The monoisotopic (exact) mass is 326 g/mol. The van der Waals surface area contributed by atoms with Crippen LogP contribution in [-0.2, 0) is 6.54 Å².